The summed E-state index contributed by atoms with van der Waals surface area (Å²) in [5.41, 5.74) is 9.08. The number of halogens is 1. The van der Waals surface area contributed by atoms with Crippen LogP contribution >= 0.6 is 0 Å². The molecule has 0 aromatic heterocycles. The molecule has 1 aromatic carbocycles. The molecular weight excluding hydrogens is 337 g/mol. The summed E-state index contributed by atoms with van der Waals surface area (Å²) in [6.45, 7) is 0.988. The van der Waals surface area contributed by atoms with E-state index in [0.717, 1.165) is 10.5 Å². The molecule has 26 heavy (non-hydrogen) atoms. The molecule has 0 saturated carbocycles. The van der Waals surface area contributed by atoms with Crippen molar-refractivity contribution in [3.63, 3.8) is 0 Å². The minimum Gasteiger partial charge on any atom is -0.441 e. The minimum absolute atomic E-state index is 0.229. The Balaban J connectivity index is 1.81. The molecule has 133 valence electrons. The maximum atomic E-state index is 14.7. The maximum Gasteiger partial charge on any atom is 0.416 e. The number of rotatable bonds is 3. The van der Waals surface area contributed by atoms with E-state index in [-0.39, 0.29) is 12.2 Å². The van der Waals surface area contributed by atoms with Gasteiger partial charge in [0.25, 0.3) is 0 Å². The van der Waals surface area contributed by atoms with Crippen molar-refractivity contribution >= 4 is 17.5 Å². The highest BCUT2D eigenvalue weighted by Crippen LogP contribution is 2.32. The van der Waals surface area contributed by atoms with Crippen LogP contribution in [0.3, 0.4) is 0 Å². The minimum atomic E-state index is -0.945. The van der Waals surface area contributed by atoms with Crippen molar-refractivity contribution in [3.05, 3.63) is 35.7 Å². The fourth-order valence-corrected chi connectivity index (χ4v) is 3.26. The van der Waals surface area contributed by atoms with Crippen LogP contribution in [0.4, 0.5) is 20.6 Å². The van der Waals surface area contributed by atoms with E-state index in [2.05, 4.69) is 0 Å². The van der Waals surface area contributed by atoms with E-state index < -0.39 is 24.1 Å². The first-order valence-corrected chi connectivity index (χ1v) is 8.25. The highest BCUT2D eigenvalue weighted by molar-refractivity contribution is 5.91. The predicted molar refractivity (Wildman–Crippen MR) is 91.7 cm³/mol. The van der Waals surface area contributed by atoms with E-state index in [1.807, 2.05) is 17.0 Å². The molecule has 2 atom stereocenters. The molecule has 8 heteroatoms. The Morgan fingerprint density at radius 1 is 1.35 bits per heavy atom. The number of piperidine rings is 1. The Bertz CT molecular complexity index is 816. The van der Waals surface area contributed by atoms with Gasteiger partial charge in [-0.25, -0.2) is 9.18 Å². The molecule has 1 unspecified atom stereocenters. The zero-order valence-corrected chi connectivity index (χ0v) is 14.0. The molecule has 3 rings (SSSR count). The summed E-state index contributed by atoms with van der Waals surface area (Å²) >= 11 is 0. The van der Waals surface area contributed by atoms with Crippen molar-refractivity contribution in [2.45, 2.75) is 25.0 Å². The van der Waals surface area contributed by atoms with Crippen LogP contribution in [-0.4, -0.2) is 37.9 Å². The van der Waals surface area contributed by atoms with Crippen molar-refractivity contribution in [2.24, 2.45) is 0 Å². The van der Waals surface area contributed by atoms with Gasteiger partial charge >= 0.3 is 6.09 Å². The number of anilines is 2. The first kappa shape index (κ1) is 17.7. The van der Waals surface area contributed by atoms with Gasteiger partial charge in [-0.3, -0.25) is 10.6 Å². The molecular formula is C18H17FN5O2. The number of hydrogen-bond acceptors (Lipinski definition) is 5. The number of nitrogens with zero attached hydrogens (tertiary/aromatic N) is 4. The number of allylic oxidation sites excluding steroid dienone is 1. The van der Waals surface area contributed by atoms with Crippen LogP contribution < -0.4 is 15.5 Å². The van der Waals surface area contributed by atoms with E-state index in [9.17, 15) is 14.4 Å². The number of nitrogens with one attached hydrogen (secondary N) is 1. The summed E-state index contributed by atoms with van der Waals surface area (Å²) < 4.78 is 19.7. The average molecular weight is 354 g/mol. The molecule has 2 saturated heterocycles. The van der Waals surface area contributed by atoms with Gasteiger partial charge in [-0.15, -0.1) is 0 Å². The molecule has 1 amide bonds. The lowest BCUT2D eigenvalue weighted by Gasteiger charge is -2.31. The zero-order valence-electron chi connectivity index (χ0n) is 14.0. The third-order valence-corrected chi connectivity index (χ3v) is 4.64. The predicted octanol–water partition coefficient (Wildman–Crippen LogP) is 2.38. The highest BCUT2D eigenvalue weighted by atomic mass is 19.1. The number of carbonyl (C=O) groups is 1. The molecule has 2 aliphatic heterocycles. The summed E-state index contributed by atoms with van der Waals surface area (Å²) in [6.07, 6.45) is 1.36. The quantitative estimate of drug-likeness (QED) is 0.775. The Kier molecular flexibility index (Phi) is 5.06. The second-order valence-electron chi connectivity index (χ2n) is 6.12. The average Bonchev–Trinajstić information content (AvgIpc) is 2.98. The molecule has 0 bridgehead atoms. The summed E-state index contributed by atoms with van der Waals surface area (Å²) in [5.74, 6) is -0.492. The van der Waals surface area contributed by atoms with E-state index in [4.69, 9.17) is 15.7 Å². The van der Waals surface area contributed by atoms with Gasteiger partial charge in [-0.2, -0.15) is 10.5 Å². The van der Waals surface area contributed by atoms with Crippen LogP contribution in [0.2, 0.25) is 0 Å². The Morgan fingerprint density at radius 2 is 2.08 bits per heavy atom. The van der Waals surface area contributed by atoms with E-state index in [0.29, 0.717) is 31.6 Å². The number of nitriles is 2. The Morgan fingerprint density at radius 3 is 2.65 bits per heavy atom. The number of ether oxygens (including phenoxy) is 1. The molecule has 1 aromatic rings. The van der Waals surface area contributed by atoms with Crippen LogP contribution in [0, 0.1) is 28.5 Å². The van der Waals surface area contributed by atoms with Gasteiger partial charge in [-0.05, 0) is 31.0 Å². The molecule has 2 heterocycles. The van der Waals surface area contributed by atoms with Crippen molar-refractivity contribution < 1.29 is 13.9 Å². The van der Waals surface area contributed by atoms with Gasteiger partial charge in [0.2, 0.25) is 0 Å². The Hall–Kier alpha value is -3.10. The monoisotopic (exact) mass is 354 g/mol. The van der Waals surface area contributed by atoms with Crippen LogP contribution in [0.5, 0.6) is 0 Å². The van der Waals surface area contributed by atoms with Crippen LogP contribution in [0.15, 0.2) is 29.8 Å². The fourth-order valence-electron chi connectivity index (χ4n) is 3.26. The zero-order chi connectivity index (χ0) is 18.7. The first-order valence-electron chi connectivity index (χ1n) is 8.25. The van der Waals surface area contributed by atoms with Crippen molar-refractivity contribution in [1.82, 2.24) is 5.73 Å². The van der Waals surface area contributed by atoms with Crippen LogP contribution in [-0.2, 0) is 4.74 Å². The molecule has 7 nitrogen and oxygen atoms in total. The third kappa shape index (κ3) is 3.19. The second-order valence-corrected chi connectivity index (χ2v) is 6.12. The van der Waals surface area contributed by atoms with E-state index in [1.165, 1.54) is 6.07 Å². The third-order valence-electron chi connectivity index (χ3n) is 4.64. The SMILES string of the molecule is N#CC=C1CCN(c2ccc(N3C(=O)O[C@@H](C[NH])C3C#N)cc2F)CC1. The van der Waals surface area contributed by atoms with E-state index >= 15 is 0 Å². The van der Waals surface area contributed by atoms with Gasteiger partial charge in [0.05, 0.1) is 30.1 Å². The maximum absolute atomic E-state index is 14.7. The number of benzene rings is 1. The normalized spacial score (nSPS) is 22.6. The summed E-state index contributed by atoms with van der Waals surface area (Å²) in [5, 5.41) is 18.0. The molecule has 0 aliphatic carbocycles. The molecule has 1 radical (unpaired) electrons. The summed E-state index contributed by atoms with van der Waals surface area (Å²) in [6, 6.07) is 7.41. The Labute approximate surface area is 150 Å². The van der Waals surface area contributed by atoms with Crippen molar-refractivity contribution in [2.75, 3.05) is 29.4 Å². The second kappa shape index (κ2) is 7.42. The van der Waals surface area contributed by atoms with Gasteiger partial charge in [-0.1, -0.05) is 5.57 Å². The molecule has 2 aliphatic rings. The van der Waals surface area contributed by atoms with Gasteiger partial charge in [0.15, 0.2) is 12.1 Å². The van der Waals surface area contributed by atoms with Gasteiger partial charge < -0.3 is 9.64 Å². The smallest absolute Gasteiger partial charge is 0.416 e. The summed E-state index contributed by atoms with van der Waals surface area (Å²) in [7, 11) is 0. The fraction of sp³-hybridized carbons (Fsp3) is 0.389. The van der Waals surface area contributed by atoms with Crippen molar-refractivity contribution in [1.29, 1.82) is 10.5 Å². The number of cyclic esters (lactones) is 1. The first-order chi connectivity index (χ1) is 12.6. The topological polar surface area (TPSA) is 104 Å². The van der Waals surface area contributed by atoms with Crippen molar-refractivity contribution in [3.8, 4) is 12.1 Å². The number of amides is 1. The molecule has 0 spiro atoms. The largest absolute Gasteiger partial charge is 0.441 e. The lowest BCUT2D eigenvalue weighted by atomic mass is 10.0. The lowest BCUT2D eigenvalue weighted by molar-refractivity contribution is 0.139. The van der Waals surface area contributed by atoms with Crippen LogP contribution in [0.1, 0.15) is 12.8 Å². The highest BCUT2D eigenvalue weighted by Gasteiger charge is 2.42. The van der Waals surface area contributed by atoms with Gasteiger partial charge in [0.1, 0.15) is 5.82 Å². The summed E-state index contributed by atoms with van der Waals surface area (Å²) in [4.78, 5) is 15.0. The molecule has 1 N–H and O–H groups in total. The number of carbonyl (C=O) groups excluding carboxylic acids is 1. The van der Waals surface area contributed by atoms with Gasteiger partial charge in [0, 0.05) is 19.2 Å². The standard InChI is InChI=1S/C18H17FN5O2/c19-14-9-13(24-16(10-21)17(11-22)26-18(24)25)1-2-15(14)23-7-4-12(3-6-20)5-8-23/h1-3,9,16-17,22H,4-5,7-8,11H2/t16?,17-/m0/s1. The van der Waals surface area contributed by atoms with E-state index in [1.54, 1.807) is 18.2 Å². The molecule has 2 fully saturated rings. The lowest BCUT2D eigenvalue weighted by Crippen LogP contribution is -2.37. The number of hydrogen-bond donors (Lipinski definition) is 0. The van der Waals surface area contributed by atoms with Crippen LogP contribution in [0.25, 0.3) is 0 Å².